The third-order valence-corrected chi connectivity index (χ3v) is 5.14. The molecule has 0 saturated heterocycles. The van der Waals surface area contributed by atoms with Gasteiger partial charge in [-0.05, 0) is 38.0 Å². The number of sulfonamides is 1. The van der Waals surface area contributed by atoms with E-state index in [1.807, 2.05) is 6.92 Å². The number of terminal acetylenes is 1. The molecule has 0 aromatic heterocycles. The molecule has 0 radical (unpaired) electrons. The van der Waals surface area contributed by atoms with Crippen LogP contribution in [0.1, 0.15) is 25.8 Å². The minimum absolute atomic E-state index is 0.0227. The molecule has 110 valence electrons. The van der Waals surface area contributed by atoms with Crippen LogP contribution in [0.15, 0.2) is 17.0 Å². The Labute approximate surface area is 125 Å². The molecule has 0 fully saturated rings. The van der Waals surface area contributed by atoms with Crippen LogP contribution < -0.4 is 9.46 Å². The summed E-state index contributed by atoms with van der Waals surface area (Å²) in [6, 6.07) is 2.95. The maximum absolute atomic E-state index is 12.5. The molecule has 1 rings (SSSR count). The minimum Gasteiger partial charge on any atom is -0.495 e. The number of methoxy groups -OCH3 is 1. The third-order valence-electron chi connectivity index (χ3n) is 3.12. The molecule has 1 aromatic carbocycles. The minimum atomic E-state index is -3.83. The van der Waals surface area contributed by atoms with Crippen LogP contribution in [0.5, 0.6) is 5.75 Å². The van der Waals surface area contributed by atoms with Crippen LogP contribution >= 0.6 is 11.6 Å². The molecular formula is C14H18ClNO3S. The van der Waals surface area contributed by atoms with Crippen molar-refractivity contribution in [1.82, 2.24) is 4.72 Å². The highest BCUT2D eigenvalue weighted by Gasteiger charge is 2.29. The van der Waals surface area contributed by atoms with Crippen LogP contribution in [0.3, 0.4) is 0 Å². The fourth-order valence-corrected chi connectivity index (χ4v) is 3.38. The SMILES string of the molecule is C#C[C@](C)(CC)NS(=O)(=O)c1cc(Cl)c(C)cc1OC. The van der Waals surface area contributed by atoms with Crippen molar-refractivity contribution >= 4 is 21.6 Å². The van der Waals surface area contributed by atoms with Gasteiger partial charge in [0, 0.05) is 5.02 Å². The molecule has 0 spiro atoms. The number of hydrogen-bond donors (Lipinski definition) is 1. The molecule has 0 aliphatic heterocycles. The number of hydrogen-bond acceptors (Lipinski definition) is 3. The van der Waals surface area contributed by atoms with Crippen molar-refractivity contribution < 1.29 is 13.2 Å². The van der Waals surface area contributed by atoms with E-state index in [1.165, 1.54) is 13.2 Å². The summed E-state index contributed by atoms with van der Waals surface area (Å²) in [6.45, 7) is 5.22. The van der Waals surface area contributed by atoms with E-state index in [4.69, 9.17) is 22.8 Å². The molecule has 0 unspecified atom stereocenters. The van der Waals surface area contributed by atoms with E-state index in [0.717, 1.165) is 5.56 Å². The van der Waals surface area contributed by atoms with E-state index in [1.54, 1.807) is 19.9 Å². The van der Waals surface area contributed by atoms with Gasteiger partial charge in [0.1, 0.15) is 10.6 Å². The van der Waals surface area contributed by atoms with Gasteiger partial charge >= 0.3 is 0 Å². The maximum Gasteiger partial charge on any atom is 0.245 e. The molecule has 0 saturated carbocycles. The first-order valence-corrected chi connectivity index (χ1v) is 7.91. The lowest BCUT2D eigenvalue weighted by atomic mass is 10.0. The lowest BCUT2D eigenvalue weighted by Gasteiger charge is -2.24. The summed E-state index contributed by atoms with van der Waals surface area (Å²) in [5.41, 5.74) is -0.223. The zero-order valence-electron chi connectivity index (χ0n) is 12.0. The fraction of sp³-hybridized carbons (Fsp3) is 0.429. The van der Waals surface area contributed by atoms with Gasteiger partial charge in [-0.15, -0.1) is 6.42 Å². The first-order valence-electron chi connectivity index (χ1n) is 6.05. The molecule has 20 heavy (non-hydrogen) atoms. The highest BCUT2D eigenvalue weighted by Crippen LogP contribution is 2.30. The van der Waals surface area contributed by atoms with Gasteiger partial charge in [-0.3, -0.25) is 0 Å². The quantitative estimate of drug-likeness (QED) is 0.850. The van der Waals surface area contributed by atoms with Gasteiger partial charge in [0.15, 0.2) is 0 Å². The molecule has 0 bridgehead atoms. The third kappa shape index (κ3) is 3.45. The topological polar surface area (TPSA) is 55.4 Å². The molecule has 1 N–H and O–H groups in total. The summed E-state index contributed by atoms with van der Waals surface area (Å²) in [6.07, 6.45) is 5.86. The molecule has 4 nitrogen and oxygen atoms in total. The van der Waals surface area contributed by atoms with Gasteiger partial charge in [0.05, 0.1) is 12.6 Å². The van der Waals surface area contributed by atoms with E-state index >= 15 is 0 Å². The first-order chi connectivity index (χ1) is 9.19. The monoisotopic (exact) mass is 315 g/mol. The van der Waals surface area contributed by atoms with Crippen molar-refractivity contribution in [3.63, 3.8) is 0 Å². The van der Waals surface area contributed by atoms with Crippen LogP contribution in [-0.4, -0.2) is 21.1 Å². The molecule has 6 heteroatoms. The number of benzene rings is 1. The van der Waals surface area contributed by atoms with Gasteiger partial charge in [0.2, 0.25) is 10.0 Å². The number of rotatable bonds is 5. The highest BCUT2D eigenvalue weighted by molar-refractivity contribution is 7.89. The zero-order valence-corrected chi connectivity index (χ0v) is 13.5. The molecule has 0 amide bonds. The average Bonchev–Trinajstić information content (AvgIpc) is 2.40. The van der Waals surface area contributed by atoms with Crippen molar-refractivity contribution in [2.24, 2.45) is 0 Å². The summed E-state index contributed by atoms with van der Waals surface area (Å²) in [4.78, 5) is -0.0227. The Kier molecular flexibility index (Phi) is 5.09. The fourth-order valence-electron chi connectivity index (χ4n) is 1.56. The van der Waals surface area contributed by atoms with Crippen LogP contribution in [0.2, 0.25) is 5.02 Å². The number of halogens is 1. The predicted octanol–water partition coefficient (Wildman–Crippen LogP) is 2.74. The largest absolute Gasteiger partial charge is 0.495 e. The van der Waals surface area contributed by atoms with Gasteiger partial charge in [-0.1, -0.05) is 24.4 Å². The van der Waals surface area contributed by atoms with Crippen LogP contribution in [0, 0.1) is 19.3 Å². The molecule has 1 aromatic rings. The van der Waals surface area contributed by atoms with Crippen molar-refractivity contribution in [3.8, 4) is 18.1 Å². The van der Waals surface area contributed by atoms with Crippen LogP contribution in [-0.2, 0) is 10.0 Å². The lowest BCUT2D eigenvalue weighted by molar-refractivity contribution is 0.401. The van der Waals surface area contributed by atoms with Gasteiger partial charge < -0.3 is 4.74 Å². The molecule has 0 heterocycles. The second-order valence-corrected chi connectivity index (χ2v) is 6.75. The van der Waals surface area contributed by atoms with Gasteiger partial charge in [0.25, 0.3) is 0 Å². The summed E-state index contributed by atoms with van der Waals surface area (Å²) in [7, 11) is -2.42. The number of ether oxygens (including phenoxy) is 1. The second-order valence-electron chi connectivity index (χ2n) is 4.69. The Morgan fingerprint density at radius 3 is 2.55 bits per heavy atom. The number of nitrogens with one attached hydrogen (secondary N) is 1. The molecule has 0 aliphatic rings. The highest BCUT2D eigenvalue weighted by atomic mass is 35.5. The normalized spacial score (nSPS) is 14.4. The Morgan fingerprint density at radius 1 is 1.50 bits per heavy atom. The summed E-state index contributed by atoms with van der Waals surface area (Å²) < 4.78 is 32.6. The van der Waals surface area contributed by atoms with E-state index in [9.17, 15) is 8.42 Å². The van der Waals surface area contributed by atoms with Crippen molar-refractivity contribution in [2.75, 3.05) is 7.11 Å². The van der Waals surface area contributed by atoms with Crippen molar-refractivity contribution in [1.29, 1.82) is 0 Å². The zero-order chi connectivity index (χ0) is 15.6. The average molecular weight is 316 g/mol. The Morgan fingerprint density at radius 2 is 2.10 bits per heavy atom. The van der Waals surface area contributed by atoms with Gasteiger partial charge in [-0.25, -0.2) is 8.42 Å². The van der Waals surface area contributed by atoms with E-state index in [2.05, 4.69) is 10.6 Å². The van der Waals surface area contributed by atoms with Crippen molar-refractivity contribution in [2.45, 2.75) is 37.6 Å². The molecular weight excluding hydrogens is 298 g/mol. The summed E-state index contributed by atoms with van der Waals surface area (Å²) >= 11 is 6.00. The van der Waals surface area contributed by atoms with E-state index in [0.29, 0.717) is 11.4 Å². The van der Waals surface area contributed by atoms with E-state index < -0.39 is 15.6 Å². The molecule has 1 atom stereocenters. The smallest absolute Gasteiger partial charge is 0.245 e. The Bertz CT molecular complexity index is 649. The molecule has 0 aliphatic carbocycles. The Balaban J connectivity index is 3.37. The van der Waals surface area contributed by atoms with Crippen molar-refractivity contribution in [3.05, 3.63) is 22.7 Å². The summed E-state index contributed by atoms with van der Waals surface area (Å²) in [5.74, 6) is 2.68. The lowest BCUT2D eigenvalue weighted by Crippen LogP contribution is -2.44. The second kappa shape index (κ2) is 6.04. The van der Waals surface area contributed by atoms with Gasteiger partial charge in [-0.2, -0.15) is 4.72 Å². The number of aryl methyl sites for hydroxylation is 1. The first kappa shape index (κ1) is 16.8. The maximum atomic E-state index is 12.5. The summed E-state index contributed by atoms with van der Waals surface area (Å²) in [5, 5.41) is 0.352. The van der Waals surface area contributed by atoms with Crippen LogP contribution in [0.4, 0.5) is 0 Å². The predicted molar refractivity (Wildman–Crippen MR) is 80.6 cm³/mol. The standard InChI is InChI=1S/C14H18ClNO3S/c1-6-14(4,7-2)16-20(17,18)13-9-11(15)10(3)8-12(13)19-5/h1,8-9,16H,7H2,2-5H3/t14-/m1/s1. The van der Waals surface area contributed by atoms with Crippen LogP contribution in [0.25, 0.3) is 0 Å². The van der Waals surface area contributed by atoms with E-state index in [-0.39, 0.29) is 10.6 Å². The Hall–Kier alpha value is -1.22.